The molecule has 0 saturated heterocycles. The van der Waals surface area contributed by atoms with Crippen LogP contribution in [0.4, 0.5) is 10.2 Å². The standard InChI is InChI=1S/C15H16FN3S/c1-10-4-3-9-17-14(10)19-15(20)18-11(2)12-5-7-13(16)8-6-12/h3-9,11H,1-2H3,(H2,17,18,19,20)/t11-/m0/s1. The third-order valence-corrected chi connectivity index (χ3v) is 3.18. The molecule has 2 rings (SSSR count). The zero-order chi connectivity index (χ0) is 14.5. The number of halogens is 1. The van der Waals surface area contributed by atoms with Crippen LogP contribution in [0.15, 0.2) is 42.6 Å². The fraction of sp³-hybridized carbons (Fsp3) is 0.200. The predicted octanol–water partition coefficient (Wildman–Crippen LogP) is 3.58. The van der Waals surface area contributed by atoms with Crippen LogP contribution in [0.2, 0.25) is 0 Å². The smallest absolute Gasteiger partial charge is 0.172 e. The van der Waals surface area contributed by atoms with Crippen molar-refractivity contribution >= 4 is 23.1 Å². The quantitative estimate of drug-likeness (QED) is 0.847. The highest BCUT2D eigenvalue weighted by Crippen LogP contribution is 2.14. The normalized spacial score (nSPS) is 11.8. The summed E-state index contributed by atoms with van der Waals surface area (Å²) in [6, 6.07) is 10.2. The molecule has 1 heterocycles. The number of thiocarbonyl (C=S) groups is 1. The number of pyridine rings is 1. The largest absolute Gasteiger partial charge is 0.356 e. The molecule has 1 aromatic carbocycles. The van der Waals surface area contributed by atoms with Gasteiger partial charge < -0.3 is 10.6 Å². The number of hydrogen-bond donors (Lipinski definition) is 2. The molecule has 1 atom stereocenters. The Balaban J connectivity index is 1.98. The first kappa shape index (κ1) is 14.4. The second-order valence-corrected chi connectivity index (χ2v) is 4.95. The number of nitrogens with zero attached hydrogens (tertiary/aromatic N) is 1. The molecule has 0 aliphatic rings. The van der Waals surface area contributed by atoms with E-state index in [9.17, 15) is 4.39 Å². The first-order valence-corrected chi connectivity index (χ1v) is 6.71. The third-order valence-electron chi connectivity index (χ3n) is 2.96. The van der Waals surface area contributed by atoms with Crippen molar-refractivity contribution in [3.63, 3.8) is 0 Å². The highest BCUT2D eigenvalue weighted by molar-refractivity contribution is 7.80. The number of anilines is 1. The molecular formula is C15H16FN3S. The maximum atomic E-state index is 12.9. The van der Waals surface area contributed by atoms with Gasteiger partial charge in [-0.3, -0.25) is 0 Å². The topological polar surface area (TPSA) is 37.0 Å². The Bertz CT molecular complexity index is 598. The highest BCUT2D eigenvalue weighted by Gasteiger charge is 2.08. The van der Waals surface area contributed by atoms with E-state index in [2.05, 4.69) is 15.6 Å². The molecule has 1 aromatic heterocycles. The lowest BCUT2D eigenvalue weighted by molar-refractivity contribution is 0.624. The van der Waals surface area contributed by atoms with Crippen molar-refractivity contribution in [3.8, 4) is 0 Å². The van der Waals surface area contributed by atoms with Gasteiger partial charge in [-0.05, 0) is 55.4 Å². The molecule has 0 fully saturated rings. The number of hydrogen-bond acceptors (Lipinski definition) is 2. The Morgan fingerprint density at radius 2 is 1.95 bits per heavy atom. The third kappa shape index (κ3) is 3.74. The van der Waals surface area contributed by atoms with E-state index < -0.39 is 0 Å². The molecule has 20 heavy (non-hydrogen) atoms. The van der Waals surface area contributed by atoms with Crippen molar-refractivity contribution in [2.75, 3.05) is 5.32 Å². The monoisotopic (exact) mass is 289 g/mol. The Morgan fingerprint density at radius 3 is 2.60 bits per heavy atom. The van der Waals surface area contributed by atoms with Crippen LogP contribution >= 0.6 is 12.2 Å². The van der Waals surface area contributed by atoms with Crippen molar-refractivity contribution in [1.82, 2.24) is 10.3 Å². The fourth-order valence-corrected chi connectivity index (χ4v) is 2.07. The molecule has 2 aromatic rings. The van der Waals surface area contributed by atoms with Crippen LogP contribution in [0.1, 0.15) is 24.1 Å². The summed E-state index contributed by atoms with van der Waals surface area (Å²) in [5.41, 5.74) is 1.99. The Hall–Kier alpha value is -2.01. The van der Waals surface area contributed by atoms with Crippen molar-refractivity contribution in [1.29, 1.82) is 0 Å². The van der Waals surface area contributed by atoms with Gasteiger partial charge in [-0.25, -0.2) is 9.37 Å². The van der Waals surface area contributed by atoms with Gasteiger partial charge in [0.05, 0.1) is 6.04 Å². The van der Waals surface area contributed by atoms with Gasteiger partial charge in [-0.1, -0.05) is 18.2 Å². The molecule has 0 radical (unpaired) electrons. The van der Waals surface area contributed by atoms with E-state index in [-0.39, 0.29) is 11.9 Å². The van der Waals surface area contributed by atoms with Crippen LogP contribution in [-0.2, 0) is 0 Å². The summed E-state index contributed by atoms with van der Waals surface area (Å²) in [7, 11) is 0. The van der Waals surface area contributed by atoms with Crippen LogP contribution in [0, 0.1) is 12.7 Å². The van der Waals surface area contributed by atoms with Gasteiger partial charge in [0.1, 0.15) is 11.6 Å². The van der Waals surface area contributed by atoms with Gasteiger partial charge >= 0.3 is 0 Å². The molecular weight excluding hydrogens is 273 g/mol. The van der Waals surface area contributed by atoms with E-state index in [0.29, 0.717) is 5.11 Å². The molecule has 0 aliphatic heterocycles. The SMILES string of the molecule is Cc1cccnc1NC(=S)N[C@@H](C)c1ccc(F)cc1. The molecule has 0 aliphatic carbocycles. The highest BCUT2D eigenvalue weighted by atomic mass is 32.1. The first-order valence-electron chi connectivity index (χ1n) is 6.31. The van der Waals surface area contributed by atoms with E-state index in [0.717, 1.165) is 16.9 Å². The molecule has 0 bridgehead atoms. The summed E-state index contributed by atoms with van der Waals surface area (Å²) >= 11 is 5.26. The van der Waals surface area contributed by atoms with Gasteiger partial charge in [0.25, 0.3) is 0 Å². The molecule has 0 amide bonds. The van der Waals surface area contributed by atoms with Crippen molar-refractivity contribution in [2.45, 2.75) is 19.9 Å². The average Bonchev–Trinajstić information content (AvgIpc) is 2.42. The summed E-state index contributed by atoms with van der Waals surface area (Å²) in [4.78, 5) is 4.22. The van der Waals surface area contributed by atoms with Crippen molar-refractivity contribution in [3.05, 3.63) is 59.5 Å². The summed E-state index contributed by atoms with van der Waals surface area (Å²) < 4.78 is 12.9. The lowest BCUT2D eigenvalue weighted by Gasteiger charge is -2.17. The van der Waals surface area contributed by atoms with E-state index in [1.807, 2.05) is 26.0 Å². The Labute approximate surface area is 123 Å². The number of rotatable bonds is 3. The van der Waals surface area contributed by atoms with Gasteiger partial charge in [-0.2, -0.15) is 0 Å². The van der Waals surface area contributed by atoms with E-state index in [4.69, 9.17) is 12.2 Å². The zero-order valence-corrected chi connectivity index (χ0v) is 12.2. The lowest BCUT2D eigenvalue weighted by Crippen LogP contribution is -2.31. The first-order chi connectivity index (χ1) is 9.56. The van der Waals surface area contributed by atoms with Crippen LogP contribution in [-0.4, -0.2) is 10.1 Å². The number of aryl methyl sites for hydroxylation is 1. The number of nitrogens with one attached hydrogen (secondary N) is 2. The van der Waals surface area contributed by atoms with E-state index in [1.54, 1.807) is 18.3 Å². The molecule has 3 nitrogen and oxygen atoms in total. The van der Waals surface area contributed by atoms with Gasteiger partial charge in [0.2, 0.25) is 0 Å². The Kier molecular flexibility index (Phi) is 4.63. The summed E-state index contributed by atoms with van der Waals surface area (Å²) in [6.07, 6.45) is 1.71. The number of benzene rings is 1. The van der Waals surface area contributed by atoms with Gasteiger partial charge in [0.15, 0.2) is 5.11 Å². The second kappa shape index (κ2) is 6.43. The summed E-state index contributed by atoms with van der Waals surface area (Å²) in [6.45, 7) is 3.92. The molecule has 5 heteroatoms. The zero-order valence-electron chi connectivity index (χ0n) is 11.4. The summed E-state index contributed by atoms with van der Waals surface area (Å²) in [5, 5.41) is 6.70. The molecule has 2 N–H and O–H groups in total. The molecule has 0 saturated carbocycles. The van der Waals surface area contributed by atoms with Gasteiger partial charge in [-0.15, -0.1) is 0 Å². The van der Waals surface area contributed by atoms with Crippen LogP contribution in [0.25, 0.3) is 0 Å². The van der Waals surface area contributed by atoms with Gasteiger partial charge in [0, 0.05) is 6.20 Å². The summed E-state index contributed by atoms with van der Waals surface area (Å²) in [5.74, 6) is 0.488. The van der Waals surface area contributed by atoms with Crippen LogP contribution in [0.5, 0.6) is 0 Å². The maximum absolute atomic E-state index is 12.9. The van der Waals surface area contributed by atoms with Crippen LogP contribution < -0.4 is 10.6 Å². The maximum Gasteiger partial charge on any atom is 0.172 e. The van der Waals surface area contributed by atoms with E-state index in [1.165, 1.54) is 12.1 Å². The Morgan fingerprint density at radius 1 is 1.25 bits per heavy atom. The predicted molar refractivity (Wildman–Crippen MR) is 83.1 cm³/mol. The minimum absolute atomic E-state index is 0.0142. The van der Waals surface area contributed by atoms with E-state index >= 15 is 0 Å². The molecule has 0 unspecified atom stereocenters. The lowest BCUT2D eigenvalue weighted by atomic mass is 10.1. The fourth-order valence-electron chi connectivity index (χ4n) is 1.79. The second-order valence-electron chi connectivity index (χ2n) is 4.54. The van der Waals surface area contributed by atoms with Crippen molar-refractivity contribution in [2.24, 2.45) is 0 Å². The minimum atomic E-state index is -0.245. The average molecular weight is 289 g/mol. The number of aromatic nitrogens is 1. The van der Waals surface area contributed by atoms with Crippen LogP contribution in [0.3, 0.4) is 0 Å². The molecule has 104 valence electrons. The van der Waals surface area contributed by atoms with Crippen molar-refractivity contribution < 1.29 is 4.39 Å². The molecule has 0 spiro atoms. The minimum Gasteiger partial charge on any atom is -0.356 e.